The van der Waals surface area contributed by atoms with Crippen molar-refractivity contribution in [3.63, 3.8) is 0 Å². The van der Waals surface area contributed by atoms with Gasteiger partial charge in [-0.25, -0.2) is 4.79 Å². The van der Waals surface area contributed by atoms with Gasteiger partial charge in [0.05, 0.1) is 6.10 Å². The molecule has 3 fully saturated rings. The number of carbonyl (C=O) groups is 1. The summed E-state index contributed by atoms with van der Waals surface area (Å²) < 4.78 is 11.0. The van der Waals surface area contributed by atoms with Crippen molar-refractivity contribution >= 4 is 5.97 Å². The fourth-order valence-electron chi connectivity index (χ4n) is 5.19. The first-order valence-electron chi connectivity index (χ1n) is 7.22. The van der Waals surface area contributed by atoms with E-state index in [1.807, 2.05) is 0 Å². The van der Waals surface area contributed by atoms with Crippen LogP contribution in [0.3, 0.4) is 0 Å². The molecule has 108 valence electrons. The van der Waals surface area contributed by atoms with Crippen molar-refractivity contribution < 1.29 is 19.4 Å². The summed E-state index contributed by atoms with van der Waals surface area (Å²) in [6.07, 6.45) is 1.30. The van der Waals surface area contributed by atoms with E-state index in [9.17, 15) is 9.90 Å². The van der Waals surface area contributed by atoms with E-state index in [2.05, 4.69) is 13.5 Å². The summed E-state index contributed by atoms with van der Waals surface area (Å²) >= 11 is 0. The Labute approximate surface area is 118 Å². The Morgan fingerprint density at radius 3 is 2.85 bits per heavy atom. The zero-order valence-corrected chi connectivity index (χ0v) is 12.1. The van der Waals surface area contributed by atoms with Gasteiger partial charge in [-0.15, -0.1) is 0 Å². The first kappa shape index (κ1) is 12.6. The van der Waals surface area contributed by atoms with E-state index < -0.39 is 11.8 Å². The fourth-order valence-corrected chi connectivity index (χ4v) is 5.19. The summed E-state index contributed by atoms with van der Waals surface area (Å²) in [5.41, 5.74) is 2.25. The van der Waals surface area contributed by atoms with Crippen molar-refractivity contribution in [3.8, 4) is 0 Å². The number of esters is 1. The minimum absolute atomic E-state index is 0.0917. The van der Waals surface area contributed by atoms with Gasteiger partial charge in [-0.3, -0.25) is 0 Å². The molecule has 1 N–H and O–H groups in total. The quantitative estimate of drug-likeness (QED) is 0.586. The Morgan fingerprint density at radius 2 is 2.20 bits per heavy atom. The number of methoxy groups -OCH3 is 1. The Morgan fingerprint density at radius 1 is 1.50 bits per heavy atom. The van der Waals surface area contributed by atoms with Crippen LogP contribution in [-0.2, 0) is 14.3 Å². The van der Waals surface area contributed by atoms with Gasteiger partial charge in [-0.05, 0) is 30.6 Å². The lowest BCUT2D eigenvalue weighted by Gasteiger charge is -2.49. The van der Waals surface area contributed by atoms with Crippen molar-refractivity contribution in [1.82, 2.24) is 0 Å². The summed E-state index contributed by atoms with van der Waals surface area (Å²) in [5, 5.41) is 10.9. The predicted octanol–water partition coefficient (Wildman–Crippen LogP) is 1.80. The molecule has 0 unspecified atom stereocenters. The van der Waals surface area contributed by atoms with E-state index in [-0.39, 0.29) is 17.4 Å². The van der Waals surface area contributed by atoms with E-state index in [0.717, 1.165) is 6.42 Å². The van der Waals surface area contributed by atoms with Crippen LogP contribution in [0.25, 0.3) is 0 Å². The maximum Gasteiger partial charge on any atom is 0.336 e. The molecule has 0 bridgehead atoms. The second kappa shape index (κ2) is 3.37. The highest BCUT2D eigenvalue weighted by molar-refractivity contribution is 5.92. The lowest BCUT2D eigenvalue weighted by molar-refractivity contribution is -0.213. The monoisotopic (exact) mass is 276 g/mol. The minimum Gasteiger partial charge on any atom is -0.426 e. The Kier molecular flexibility index (Phi) is 2.12. The van der Waals surface area contributed by atoms with Gasteiger partial charge in [0, 0.05) is 30.6 Å². The van der Waals surface area contributed by atoms with Crippen LogP contribution in [0, 0.1) is 23.2 Å². The minimum atomic E-state index is -1.48. The van der Waals surface area contributed by atoms with Crippen LogP contribution in [0.2, 0.25) is 0 Å². The van der Waals surface area contributed by atoms with Crippen LogP contribution >= 0.6 is 0 Å². The molecule has 0 amide bonds. The molecule has 4 rings (SSSR count). The van der Waals surface area contributed by atoms with Crippen LogP contribution in [0.1, 0.15) is 26.7 Å². The highest BCUT2D eigenvalue weighted by atomic mass is 16.7. The number of hydrogen-bond acceptors (Lipinski definition) is 4. The van der Waals surface area contributed by atoms with Gasteiger partial charge >= 0.3 is 5.97 Å². The summed E-state index contributed by atoms with van der Waals surface area (Å²) in [6, 6.07) is 0. The molecule has 0 aromatic rings. The van der Waals surface area contributed by atoms with Crippen LogP contribution in [-0.4, -0.2) is 30.1 Å². The molecule has 4 heteroatoms. The molecule has 0 spiro atoms. The van der Waals surface area contributed by atoms with Crippen molar-refractivity contribution in [2.75, 3.05) is 7.11 Å². The van der Waals surface area contributed by atoms with Gasteiger partial charge < -0.3 is 14.6 Å². The summed E-state index contributed by atoms with van der Waals surface area (Å²) in [7, 11) is 1.64. The zero-order chi connectivity index (χ0) is 14.4. The number of hydrogen-bond donors (Lipinski definition) is 1. The molecule has 6 atom stereocenters. The van der Waals surface area contributed by atoms with Crippen LogP contribution in [0.4, 0.5) is 0 Å². The molecule has 20 heavy (non-hydrogen) atoms. The normalized spacial score (nSPS) is 52.6. The van der Waals surface area contributed by atoms with Gasteiger partial charge in [0.15, 0.2) is 0 Å². The van der Waals surface area contributed by atoms with Gasteiger partial charge in [0.25, 0.3) is 0 Å². The van der Waals surface area contributed by atoms with Crippen molar-refractivity contribution in [3.05, 3.63) is 23.3 Å². The second-order valence-corrected chi connectivity index (χ2v) is 7.05. The molecule has 0 saturated heterocycles. The third kappa shape index (κ3) is 1.19. The third-order valence-electron chi connectivity index (χ3n) is 6.08. The lowest BCUT2D eigenvalue weighted by Crippen LogP contribution is -2.54. The highest BCUT2D eigenvalue weighted by Crippen LogP contribution is 2.73. The van der Waals surface area contributed by atoms with Gasteiger partial charge in [-0.2, -0.15) is 0 Å². The number of rotatable bonds is 1. The smallest absolute Gasteiger partial charge is 0.336 e. The van der Waals surface area contributed by atoms with E-state index in [4.69, 9.17) is 9.47 Å². The number of carbonyl (C=O) groups excluding carboxylic acids is 1. The van der Waals surface area contributed by atoms with Gasteiger partial charge in [0.2, 0.25) is 5.79 Å². The molecule has 3 aliphatic carbocycles. The standard InChI is InChI=1S/C16H20O4/c1-7-9-5-10(9)15(3)6-16(18)12(8(2)14(17)20-16)13(19-4)11(7)15/h9-11,13,18H,1,5-6H2,2-4H3/t9-,10-,11+,13-,15+,16-/m1/s1. The van der Waals surface area contributed by atoms with Crippen LogP contribution in [0.5, 0.6) is 0 Å². The average molecular weight is 276 g/mol. The average Bonchev–Trinajstić information content (AvgIpc) is 3.08. The predicted molar refractivity (Wildman–Crippen MR) is 71.5 cm³/mol. The third-order valence-corrected chi connectivity index (χ3v) is 6.08. The zero-order valence-electron chi connectivity index (χ0n) is 12.1. The van der Waals surface area contributed by atoms with Gasteiger partial charge in [0.1, 0.15) is 0 Å². The fraction of sp³-hybridized carbons (Fsp3) is 0.688. The number of ether oxygens (including phenoxy) is 2. The molecule has 4 aliphatic rings. The molecule has 1 aliphatic heterocycles. The van der Waals surface area contributed by atoms with Crippen molar-refractivity contribution in [2.45, 2.75) is 38.6 Å². The van der Waals surface area contributed by atoms with Crippen LogP contribution < -0.4 is 0 Å². The first-order chi connectivity index (χ1) is 9.33. The van der Waals surface area contributed by atoms with E-state index in [0.29, 0.717) is 29.4 Å². The maximum atomic E-state index is 11.9. The molecule has 0 aromatic carbocycles. The summed E-state index contributed by atoms with van der Waals surface area (Å²) in [4.78, 5) is 11.9. The van der Waals surface area contributed by atoms with Crippen molar-refractivity contribution in [1.29, 1.82) is 0 Å². The number of aliphatic hydroxyl groups is 1. The second-order valence-electron chi connectivity index (χ2n) is 7.05. The molecule has 3 saturated carbocycles. The molecule has 1 heterocycles. The molecular weight excluding hydrogens is 256 g/mol. The summed E-state index contributed by atoms with van der Waals surface area (Å²) in [5.74, 6) is -0.628. The Hall–Kier alpha value is -1.13. The first-order valence-corrected chi connectivity index (χ1v) is 7.22. The Bertz CT molecular complexity index is 577. The topological polar surface area (TPSA) is 55.8 Å². The highest BCUT2D eigenvalue weighted by Gasteiger charge is 2.71. The number of fused-ring (bicyclic) bond motifs is 4. The van der Waals surface area contributed by atoms with E-state index >= 15 is 0 Å². The largest absolute Gasteiger partial charge is 0.426 e. The SMILES string of the molecule is C=C1[C@H]2C[C@H]2[C@]2(C)C[C@@]3(O)OC(=O)C(C)=C3[C@H](OC)[C@H]12. The maximum absolute atomic E-state index is 11.9. The van der Waals surface area contributed by atoms with Crippen molar-refractivity contribution in [2.24, 2.45) is 23.2 Å². The van der Waals surface area contributed by atoms with E-state index in [1.165, 1.54) is 5.57 Å². The molecular formula is C16H20O4. The Balaban J connectivity index is 1.89. The van der Waals surface area contributed by atoms with E-state index in [1.54, 1.807) is 14.0 Å². The molecule has 4 nitrogen and oxygen atoms in total. The molecule has 0 radical (unpaired) electrons. The van der Waals surface area contributed by atoms with Gasteiger partial charge in [-0.1, -0.05) is 19.1 Å². The lowest BCUT2D eigenvalue weighted by atomic mass is 9.60. The molecule has 0 aromatic heterocycles. The van der Waals surface area contributed by atoms with Crippen LogP contribution in [0.15, 0.2) is 23.3 Å². The summed E-state index contributed by atoms with van der Waals surface area (Å²) in [6.45, 7) is 8.17.